The number of benzene rings is 1. The largest absolute Gasteiger partial charge is 0.322 e. The Morgan fingerprint density at radius 2 is 2.20 bits per heavy atom. The van der Waals surface area contributed by atoms with Gasteiger partial charge < -0.3 is 11.1 Å². The van der Waals surface area contributed by atoms with Crippen molar-refractivity contribution in [1.29, 1.82) is 0 Å². The van der Waals surface area contributed by atoms with E-state index in [1.807, 2.05) is 0 Å². The normalized spacial score (nSPS) is 12.3. The quantitative estimate of drug-likeness (QED) is 0.803. The van der Waals surface area contributed by atoms with Crippen LogP contribution in [0.5, 0.6) is 0 Å². The van der Waals surface area contributed by atoms with Crippen molar-refractivity contribution in [2.45, 2.75) is 19.4 Å². The first kappa shape index (κ1) is 11.6. The third-order valence-electron chi connectivity index (χ3n) is 1.96. The molecule has 0 fully saturated rings. The van der Waals surface area contributed by atoms with Crippen molar-refractivity contribution in [3.05, 3.63) is 29.8 Å². The summed E-state index contributed by atoms with van der Waals surface area (Å²) in [5.41, 5.74) is 5.23. The van der Waals surface area contributed by atoms with Crippen molar-refractivity contribution in [1.82, 2.24) is 0 Å². The van der Waals surface area contributed by atoms with E-state index in [9.17, 15) is 13.6 Å². The summed E-state index contributed by atoms with van der Waals surface area (Å²) in [4.78, 5) is 11.3. The number of amides is 1. The zero-order chi connectivity index (χ0) is 11.4. The molecule has 0 aromatic heterocycles. The van der Waals surface area contributed by atoms with Gasteiger partial charge in [0.05, 0.1) is 11.7 Å². The predicted octanol–water partition coefficient (Wildman–Crippen LogP) is 1.64. The average molecular weight is 214 g/mol. The highest BCUT2D eigenvalue weighted by atomic mass is 19.1. The monoisotopic (exact) mass is 214 g/mol. The summed E-state index contributed by atoms with van der Waals surface area (Å²) in [6, 6.07) is 2.12. The van der Waals surface area contributed by atoms with E-state index >= 15 is 0 Å². The molecule has 1 amide bonds. The highest BCUT2D eigenvalue weighted by molar-refractivity contribution is 5.94. The van der Waals surface area contributed by atoms with Gasteiger partial charge >= 0.3 is 0 Å². The number of hydrogen-bond acceptors (Lipinski definition) is 2. The zero-order valence-corrected chi connectivity index (χ0v) is 8.26. The van der Waals surface area contributed by atoms with E-state index in [1.54, 1.807) is 6.92 Å². The Labute approximate surface area is 86.3 Å². The third kappa shape index (κ3) is 2.99. The minimum atomic E-state index is -0.715. The molecule has 1 aromatic carbocycles. The van der Waals surface area contributed by atoms with Crippen LogP contribution in [0.1, 0.15) is 13.3 Å². The first-order valence-corrected chi connectivity index (χ1v) is 4.56. The summed E-state index contributed by atoms with van der Waals surface area (Å²) in [7, 11) is 0. The summed E-state index contributed by atoms with van der Waals surface area (Å²) in [6.45, 7) is 1.73. The van der Waals surface area contributed by atoms with Gasteiger partial charge in [-0.2, -0.15) is 0 Å². The lowest BCUT2D eigenvalue weighted by Gasteiger charge is -2.10. The van der Waals surface area contributed by atoms with E-state index in [0.29, 0.717) is 6.42 Å². The molecule has 3 nitrogen and oxygen atoms in total. The Morgan fingerprint density at radius 1 is 1.53 bits per heavy atom. The van der Waals surface area contributed by atoms with Crippen LogP contribution >= 0.6 is 0 Å². The topological polar surface area (TPSA) is 55.1 Å². The lowest BCUT2D eigenvalue weighted by Crippen LogP contribution is -2.35. The van der Waals surface area contributed by atoms with E-state index in [0.717, 1.165) is 18.2 Å². The maximum absolute atomic E-state index is 13.1. The molecule has 0 spiro atoms. The second-order valence-electron chi connectivity index (χ2n) is 3.13. The SMILES string of the molecule is CCC(N)C(=O)Nc1cc(F)ccc1F. The van der Waals surface area contributed by atoms with Crippen LogP contribution in [0.4, 0.5) is 14.5 Å². The smallest absolute Gasteiger partial charge is 0.241 e. The van der Waals surface area contributed by atoms with Gasteiger partial charge in [-0.25, -0.2) is 8.78 Å². The van der Waals surface area contributed by atoms with Crippen molar-refractivity contribution in [2.24, 2.45) is 5.73 Å². The second-order valence-corrected chi connectivity index (χ2v) is 3.13. The molecule has 1 unspecified atom stereocenters. The number of carbonyl (C=O) groups is 1. The molecule has 0 saturated carbocycles. The van der Waals surface area contributed by atoms with Crippen molar-refractivity contribution in [3.8, 4) is 0 Å². The van der Waals surface area contributed by atoms with E-state index in [4.69, 9.17) is 5.73 Å². The van der Waals surface area contributed by atoms with E-state index in [-0.39, 0.29) is 5.69 Å². The van der Waals surface area contributed by atoms with Crippen LogP contribution in [0.2, 0.25) is 0 Å². The number of carbonyl (C=O) groups excluding carboxylic acids is 1. The Balaban J connectivity index is 2.80. The average Bonchev–Trinajstić information content (AvgIpc) is 2.22. The fourth-order valence-corrected chi connectivity index (χ4v) is 1.00. The molecule has 0 radical (unpaired) electrons. The number of halogens is 2. The third-order valence-corrected chi connectivity index (χ3v) is 1.96. The van der Waals surface area contributed by atoms with Crippen LogP contribution in [-0.4, -0.2) is 11.9 Å². The molecule has 0 saturated heterocycles. The first-order valence-electron chi connectivity index (χ1n) is 4.56. The molecule has 1 aromatic rings. The first-order chi connectivity index (χ1) is 7.04. The van der Waals surface area contributed by atoms with Crippen molar-refractivity contribution >= 4 is 11.6 Å². The molecule has 82 valence electrons. The summed E-state index contributed by atoms with van der Waals surface area (Å²) < 4.78 is 25.8. The fraction of sp³-hybridized carbons (Fsp3) is 0.300. The Bertz CT molecular complexity index is 368. The van der Waals surface area contributed by atoms with Gasteiger partial charge in [0.15, 0.2) is 0 Å². The maximum atomic E-state index is 13.1. The molecule has 0 heterocycles. The number of hydrogen-bond donors (Lipinski definition) is 2. The van der Waals surface area contributed by atoms with Gasteiger partial charge in [-0.3, -0.25) is 4.79 Å². The molecule has 0 aliphatic heterocycles. The van der Waals surface area contributed by atoms with Crippen LogP contribution < -0.4 is 11.1 Å². The molecular formula is C10H12F2N2O. The zero-order valence-electron chi connectivity index (χ0n) is 8.26. The standard InChI is InChI=1S/C10H12F2N2O/c1-2-8(13)10(15)14-9-5-6(11)3-4-7(9)12/h3-5,8H,2,13H2,1H3,(H,14,15). The molecule has 5 heteroatoms. The molecule has 1 atom stereocenters. The van der Waals surface area contributed by atoms with Gasteiger partial charge in [0.2, 0.25) is 5.91 Å². The van der Waals surface area contributed by atoms with Crippen LogP contribution in [0, 0.1) is 11.6 Å². The molecular weight excluding hydrogens is 202 g/mol. The Hall–Kier alpha value is -1.49. The summed E-state index contributed by atoms with van der Waals surface area (Å²) in [5.74, 6) is -1.83. The molecule has 3 N–H and O–H groups in total. The summed E-state index contributed by atoms with van der Waals surface area (Å²) in [5, 5.41) is 2.22. The van der Waals surface area contributed by atoms with Gasteiger partial charge in [0.1, 0.15) is 11.6 Å². The number of anilines is 1. The maximum Gasteiger partial charge on any atom is 0.241 e. The van der Waals surface area contributed by atoms with Gasteiger partial charge in [-0.05, 0) is 18.6 Å². The lowest BCUT2D eigenvalue weighted by atomic mass is 10.2. The van der Waals surface area contributed by atoms with Crippen molar-refractivity contribution in [2.75, 3.05) is 5.32 Å². The Morgan fingerprint density at radius 3 is 2.80 bits per heavy atom. The van der Waals surface area contributed by atoms with Gasteiger partial charge in [0, 0.05) is 6.07 Å². The minimum absolute atomic E-state index is 0.191. The number of nitrogens with one attached hydrogen (secondary N) is 1. The van der Waals surface area contributed by atoms with E-state index in [2.05, 4.69) is 5.32 Å². The van der Waals surface area contributed by atoms with Crippen LogP contribution in [0.15, 0.2) is 18.2 Å². The van der Waals surface area contributed by atoms with Crippen molar-refractivity contribution in [3.63, 3.8) is 0 Å². The highest BCUT2D eigenvalue weighted by Crippen LogP contribution is 2.15. The lowest BCUT2D eigenvalue weighted by molar-refractivity contribution is -0.117. The predicted molar refractivity (Wildman–Crippen MR) is 53.3 cm³/mol. The number of nitrogens with two attached hydrogens (primary N) is 1. The van der Waals surface area contributed by atoms with E-state index in [1.165, 1.54) is 0 Å². The summed E-state index contributed by atoms with van der Waals surface area (Å²) >= 11 is 0. The summed E-state index contributed by atoms with van der Waals surface area (Å²) in [6.07, 6.45) is 0.433. The van der Waals surface area contributed by atoms with Crippen LogP contribution in [0.3, 0.4) is 0 Å². The molecule has 0 aliphatic carbocycles. The molecule has 0 bridgehead atoms. The van der Waals surface area contributed by atoms with Gasteiger partial charge in [0.25, 0.3) is 0 Å². The highest BCUT2D eigenvalue weighted by Gasteiger charge is 2.13. The van der Waals surface area contributed by atoms with Crippen LogP contribution in [0.25, 0.3) is 0 Å². The van der Waals surface area contributed by atoms with Gasteiger partial charge in [-0.1, -0.05) is 6.92 Å². The molecule has 0 aliphatic rings. The van der Waals surface area contributed by atoms with Gasteiger partial charge in [-0.15, -0.1) is 0 Å². The Kier molecular flexibility index (Phi) is 3.74. The van der Waals surface area contributed by atoms with E-state index < -0.39 is 23.6 Å². The minimum Gasteiger partial charge on any atom is -0.322 e. The molecule has 1 rings (SSSR count). The van der Waals surface area contributed by atoms with Crippen molar-refractivity contribution < 1.29 is 13.6 Å². The van der Waals surface area contributed by atoms with Crippen LogP contribution in [-0.2, 0) is 4.79 Å². The number of rotatable bonds is 3. The molecule has 15 heavy (non-hydrogen) atoms. The second kappa shape index (κ2) is 4.84. The fourth-order valence-electron chi connectivity index (χ4n) is 1.00.